The number of anilines is 1. The second kappa shape index (κ2) is 9.09. The van der Waals surface area contributed by atoms with Gasteiger partial charge in [-0.1, -0.05) is 30.0 Å². The van der Waals surface area contributed by atoms with E-state index in [0.717, 1.165) is 11.3 Å². The Morgan fingerprint density at radius 1 is 1.07 bits per heavy atom. The van der Waals surface area contributed by atoms with Gasteiger partial charge in [-0.3, -0.25) is 4.79 Å². The Kier molecular flexibility index (Phi) is 6.32. The molecule has 0 aliphatic rings. The molecule has 0 saturated carbocycles. The molecule has 0 saturated heterocycles. The van der Waals surface area contributed by atoms with Gasteiger partial charge in [0.15, 0.2) is 5.16 Å². The Bertz CT molecular complexity index is 893. The molecular formula is C19H15F2N3O2S. The third kappa shape index (κ3) is 5.75. The van der Waals surface area contributed by atoms with E-state index in [1.165, 1.54) is 23.9 Å². The number of carbonyl (C=O) groups excluding carboxylic acids is 1. The van der Waals surface area contributed by atoms with E-state index in [4.69, 9.17) is 0 Å². The minimum atomic E-state index is -2.86. The number of ether oxygens (including phenoxy) is 1. The number of para-hydroxylation sites is 1. The van der Waals surface area contributed by atoms with Crippen LogP contribution in [0.5, 0.6) is 5.75 Å². The molecule has 5 nitrogen and oxygen atoms in total. The number of nitrogens with zero attached hydrogens (tertiary/aromatic N) is 2. The van der Waals surface area contributed by atoms with Crippen LogP contribution in [-0.4, -0.2) is 28.2 Å². The Morgan fingerprint density at radius 3 is 2.52 bits per heavy atom. The molecule has 0 spiro atoms. The fourth-order valence-corrected chi connectivity index (χ4v) is 2.86. The van der Waals surface area contributed by atoms with E-state index in [0.29, 0.717) is 10.9 Å². The van der Waals surface area contributed by atoms with Gasteiger partial charge in [-0.25, -0.2) is 9.97 Å². The lowest BCUT2D eigenvalue weighted by atomic mass is 10.1. The van der Waals surface area contributed by atoms with Gasteiger partial charge in [0.2, 0.25) is 5.91 Å². The van der Waals surface area contributed by atoms with E-state index in [-0.39, 0.29) is 17.4 Å². The Hall–Kier alpha value is -3.00. The van der Waals surface area contributed by atoms with Crippen LogP contribution in [0.1, 0.15) is 0 Å². The zero-order valence-electron chi connectivity index (χ0n) is 14.0. The quantitative estimate of drug-likeness (QED) is 0.478. The van der Waals surface area contributed by atoms with Crippen molar-refractivity contribution in [3.05, 3.63) is 66.9 Å². The van der Waals surface area contributed by atoms with E-state index in [2.05, 4.69) is 20.0 Å². The van der Waals surface area contributed by atoms with Crippen LogP contribution < -0.4 is 10.1 Å². The van der Waals surface area contributed by atoms with E-state index in [1.54, 1.807) is 36.5 Å². The van der Waals surface area contributed by atoms with Crippen molar-refractivity contribution in [2.75, 3.05) is 11.1 Å². The third-order valence-corrected chi connectivity index (χ3v) is 4.26. The summed E-state index contributed by atoms with van der Waals surface area (Å²) in [5.41, 5.74) is 2.08. The summed E-state index contributed by atoms with van der Waals surface area (Å²) in [6.07, 6.45) is 1.59. The molecule has 3 aromatic rings. The summed E-state index contributed by atoms with van der Waals surface area (Å²) < 4.78 is 28.7. The smallest absolute Gasteiger partial charge is 0.387 e. The lowest BCUT2D eigenvalue weighted by molar-refractivity contribution is -0.113. The molecule has 0 bridgehead atoms. The van der Waals surface area contributed by atoms with Crippen molar-refractivity contribution in [3.8, 4) is 17.0 Å². The number of carbonyl (C=O) groups is 1. The van der Waals surface area contributed by atoms with Crippen molar-refractivity contribution in [2.45, 2.75) is 11.8 Å². The van der Waals surface area contributed by atoms with Crippen LogP contribution >= 0.6 is 11.8 Å². The highest BCUT2D eigenvalue weighted by Gasteiger charge is 2.08. The van der Waals surface area contributed by atoms with E-state index >= 15 is 0 Å². The van der Waals surface area contributed by atoms with Gasteiger partial charge in [0.25, 0.3) is 0 Å². The van der Waals surface area contributed by atoms with Gasteiger partial charge < -0.3 is 10.1 Å². The number of nitrogens with one attached hydrogen (secondary N) is 1. The first-order valence-electron chi connectivity index (χ1n) is 7.96. The van der Waals surface area contributed by atoms with Crippen LogP contribution in [0.25, 0.3) is 11.3 Å². The predicted octanol–water partition coefficient (Wildman–Crippen LogP) is 4.48. The number of rotatable bonds is 7. The molecule has 0 aliphatic carbocycles. The molecular weight excluding hydrogens is 372 g/mol. The van der Waals surface area contributed by atoms with Gasteiger partial charge >= 0.3 is 6.61 Å². The van der Waals surface area contributed by atoms with Crippen molar-refractivity contribution in [1.82, 2.24) is 9.97 Å². The van der Waals surface area contributed by atoms with Crippen LogP contribution in [0.2, 0.25) is 0 Å². The zero-order chi connectivity index (χ0) is 19.1. The van der Waals surface area contributed by atoms with Crippen LogP contribution in [0.3, 0.4) is 0 Å². The number of hydrogen-bond donors (Lipinski definition) is 1. The molecule has 8 heteroatoms. The molecule has 1 N–H and O–H groups in total. The minimum absolute atomic E-state index is 0.0787. The van der Waals surface area contributed by atoms with Gasteiger partial charge in [0.05, 0.1) is 11.4 Å². The van der Waals surface area contributed by atoms with E-state index in [9.17, 15) is 13.6 Å². The number of aromatic nitrogens is 2. The molecule has 1 aromatic heterocycles. The van der Waals surface area contributed by atoms with Crippen molar-refractivity contribution in [1.29, 1.82) is 0 Å². The average molecular weight is 387 g/mol. The molecule has 0 unspecified atom stereocenters. The summed E-state index contributed by atoms with van der Waals surface area (Å²) in [6, 6.07) is 17.0. The highest BCUT2D eigenvalue weighted by molar-refractivity contribution is 7.99. The maximum Gasteiger partial charge on any atom is 0.387 e. The molecule has 0 atom stereocenters. The first kappa shape index (κ1) is 18.8. The summed E-state index contributed by atoms with van der Waals surface area (Å²) in [4.78, 5) is 20.5. The Labute approximate surface area is 158 Å². The minimum Gasteiger partial charge on any atom is -0.435 e. The number of halogens is 2. The van der Waals surface area contributed by atoms with Crippen molar-refractivity contribution >= 4 is 23.4 Å². The predicted molar refractivity (Wildman–Crippen MR) is 99.9 cm³/mol. The SMILES string of the molecule is O=C(CSc1nccc(-c2ccc(OC(F)F)cc2)n1)Nc1ccccc1. The highest BCUT2D eigenvalue weighted by atomic mass is 32.2. The highest BCUT2D eigenvalue weighted by Crippen LogP contribution is 2.23. The molecule has 0 fully saturated rings. The molecule has 3 rings (SSSR count). The zero-order valence-corrected chi connectivity index (χ0v) is 14.8. The number of thioether (sulfide) groups is 1. The van der Waals surface area contributed by atoms with Gasteiger partial charge in [-0.05, 0) is 42.5 Å². The summed E-state index contributed by atoms with van der Waals surface area (Å²) in [7, 11) is 0. The largest absolute Gasteiger partial charge is 0.435 e. The molecule has 0 radical (unpaired) electrons. The lowest BCUT2D eigenvalue weighted by Crippen LogP contribution is -2.14. The molecule has 0 aliphatic heterocycles. The van der Waals surface area contributed by atoms with E-state index in [1.807, 2.05) is 18.2 Å². The monoisotopic (exact) mass is 387 g/mol. The number of hydrogen-bond acceptors (Lipinski definition) is 5. The first-order valence-corrected chi connectivity index (χ1v) is 8.95. The van der Waals surface area contributed by atoms with Gasteiger partial charge in [-0.2, -0.15) is 8.78 Å². The maximum atomic E-state index is 12.2. The van der Waals surface area contributed by atoms with Crippen molar-refractivity contribution < 1.29 is 18.3 Å². The summed E-state index contributed by atoms with van der Waals surface area (Å²) in [5.74, 6) is 0.0863. The van der Waals surface area contributed by atoms with Gasteiger partial charge in [0, 0.05) is 17.4 Å². The number of amides is 1. The summed E-state index contributed by atoms with van der Waals surface area (Å²) in [5, 5.41) is 3.24. The second-order valence-corrected chi connectivity index (χ2v) is 6.27. The summed E-state index contributed by atoms with van der Waals surface area (Å²) >= 11 is 1.21. The maximum absolute atomic E-state index is 12.2. The fourth-order valence-electron chi connectivity index (χ4n) is 2.23. The Morgan fingerprint density at radius 2 is 1.81 bits per heavy atom. The molecule has 27 heavy (non-hydrogen) atoms. The second-order valence-electron chi connectivity index (χ2n) is 5.33. The van der Waals surface area contributed by atoms with Crippen LogP contribution in [-0.2, 0) is 4.79 Å². The number of benzene rings is 2. The number of alkyl halides is 2. The van der Waals surface area contributed by atoms with E-state index < -0.39 is 6.61 Å². The average Bonchev–Trinajstić information content (AvgIpc) is 2.68. The van der Waals surface area contributed by atoms with Crippen LogP contribution in [0, 0.1) is 0 Å². The molecule has 138 valence electrons. The molecule has 1 amide bonds. The van der Waals surface area contributed by atoms with Gasteiger partial charge in [-0.15, -0.1) is 0 Å². The standard InChI is InChI=1S/C19H15F2N3O2S/c20-18(21)26-15-8-6-13(7-9-15)16-10-11-22-19(24-16)27-12-17(25)23-14-4-2-1-3-5-14/h1-11,18H,12H2,(H,23,25). The topological polar surface area (TPSA) is 64.1 Å². The molecule has 1 heterocycles. The summed E-state index contributed by atoms with van der Waals surface area (Å²) in [6.45, 7) is -2.86. The Balaban J connectivity index is 1.61. The van der Waals surface area contributed by atoms with Crippen LogP contribution in [0.4, 0.5) is 14.5 Å². The van der Waals surface area contributed by atoms with Crippen molar-refractivity contribution in [2.24, 2.45) is 0 Å². The first-order chi connectivity index (χ1) is 13.1. The lowest BCUT2D eigenvalue weighted by Gasteiger charge is -2.07. The normalized spacial score (nSPS) is 10.6. The van der Waals surface area contributed by atoms with Crippen molar-refractivity contribution in [3.63, 3.8) is 0 Å². The van der Waals surface area contributed by atoms with Gasteiger partial charge in [0.1, 0.15) is 5.75 Å². The fraction of sp³-hybridized carbons (Fsp3) is 0.105. The van der Waals surface area contributed by atoms with Crippen LogP contribution in [0.15, 0.2) is 72.0 Å². The third-order valence-electron chi connectivity index (χ3n) is 3.40. The molecule has 2 aromatic carbocycles.